The lowest BCUT2D eigenvalue weighted by atomic mass is 10.2. The first-order chi connectivity index (χ1) is 7.44. The number of alkyl halides is 1. The second kappa shape index (κ2) is 6.19. The Kier molecular flexibility index (Phi) is 5.50. The zero-order valence-corrected chi connectivity index (χ0v) is 11.4. The van der Waals surface area contributed by atoms with E-state index in [1.807, 2.05) is 6.92 Å². The molecule has 0 amide bonds. The summed E-state index contributed by atoms with van der Waals surface area (Å²) in [5, 5.41) is -0.274. The monoisotopic (exact) mass is 269 g/mol. The van der Waals surface area contributed by atoms with Gasteiger partial charge in [0.25, 0.3) is 0 Å². The fourth-order valence-electron chi connectivity index (χ4n) is 1.72. The largest absolute Gasteiger partial charge is 0.381 e. The van der Waals surface area contributed by atoms with Crippen LogP contribution in [0.3, 0.4) is 0 Å². The Hall–Kier alpha value is 0.160. The van der Waals surface area contributed by atoms with Gasteiger partial charge in [-0.2, -0.15) is 0 Å². The lowest BCUT2D eigenvalue weighted by Gasteiger charge is -2.27. The molecule has 0 aromatic rings. The summed E-state index contributed by atoms with van der Waals surface area (Å²) in [5.74, 6) is 0. The van der Waals surface area contributed by atoms with Crippen molar-refractivity contribution in [1.82, 2.24) is 4.31 Å². The van der Waals surface area contributed by atoms with Crippen molar-refractivity contribution in [3.05, 3.63) is 0 Å². The maximum Gasteiger partial charge on any atom is 0.216 e. The normalized spacial score (nSPS) is 21.2. The smallest absolute Gasteiger partial charge is 0.216 e. The van der Waals surface area contributed by atoms with E-state index in [0.29, 0.717) is 39.0 Å². The van der Waals surface area contributed by atoms with Crippen LogP contribution in [0.25, 0.3) is 0 Å². The quantitative estimate of drug-likeness (QED) is 0.710. The zero-order valence-electron chi connectivity index (χ0n) is 9.86. The molecule has 0 saturated carbocycles. The van der Waals surface area contributed by atoms with Crippen LogP contribution in [-0.4, -0.2) is 50.2 Å². The SMILES string of the molecule is CC(Cl)CCN(C)S(=O)(=O)C1CCOCC1. The number of ether oxygens (including phenoxy) is 1. The van der Waals surface area contributed by atoms with Gasteiger partial charge in [-0.15, -0.1) is 11.6 Å². The Morgan fingerprint density at radius 2 is 2.00 bits per heavy atom. The Balaban J connectivity index is 2.54. The summed E-state index contributed by atoms with van der Waals surface area (Å²) in [4.78, 5) is 0. The van der Waals surface area contributed by atoms with E-state index in [0.717, 1.165) is 0 Å². The van der Waals surface area contributed by atoms with Crippen LogP contribution in [-0.2, 0) is 14.8 Å². The van der Waals surface area contributed by atoms with E-state index in [9.17, 15) is 8.42 Å². The molecule has 0 radical (unpaired) electrons. The van der Waals surface area contributed by atoms with Gasteiger partial charge in [0.1, 0.15) is 0 Å². The second-order valence-corrected chi connectivity index (χ2v) is 7.31. The van der Waals surface area contributed by atoms with E-state index >= 15 is 0 Å². The van der Waals surface area contributed by atoms with Gasteiger partial charge in [-0.3, -0.25) is 0 Å². The molecule has 1 heterocycles. The lowest BCUT2D eigenvalue weighted by molar-refractivity contribution is 0.0974. The zero-order chi connectivity index (χ0) is 12.2. The van der Waals surface area contributed by atoms with Crippen LogP contribution in [0.15, 0.2) is 0 Å². The number of rotatable bonds is 5. The minimum atomic E-state index is -3.16. The molecule has 4 nitrogen and oxygen atoms in total. The minimum Gasteiger partial charge on any atom is -0.381 e. The van der Waals surface area contributed by atoms with Gasteiger partial charge in [0.2, 0.25) is 10.0 Å². The van der Waals surface area contributed by atoms with E-state index in [1.165, 1.54) is 4.31 Å². The first kappa shape index (κ1) is 14.2. The van der Waals surface area contributed by atoms with Crippen LogP contribution in [0.4, 0.5) is 0 Å². The molecule has 1 aliphatic heterocycles. The van der Waals surface area contributed by atoms with Gasteiger partial charge in [0.15, 0.2) is 0 Å². The predicted octanol–water partition coefficient (Wildman–Crippen LogP) is 1.44. The highest BCUT2D eigenvalue weighted by molar-refractivity contribution is 7.89. The number of nitrogens with zero attached hydrogens (tertiary/aromatic N) is 1. The molecule has 0 aromatic heterocycles. The molecule has 1 fully saturated rings. The third kappa shape index (κ3) is 3.87. The van der Waals surface area contributed by atoms with Gasteiger partial charge in [0, 0.05) is 32.2 Å². The standard InChI is InChI=1S/C10H20ClNO3S/c1-9(11)3-6-12(2)16(13,14)10-4-7-15-8-5-10/h9-10H,3-8H2,1-2H3. The topological polar surface area (TPSA) is 46.6 Å². The third-order valence-electron chi connectivity index (χ3n) is 2.87. The molecule has 0 bridgehead atoms. The molecular formula is C10H20ClNO3S. The molecule has 1 rings (SSSR count). The summed E-state index contributed by atoms with van der Waals surface area (Å²) in [7, 11) is -1.53. The van der Waals surface area contributed by atoms with Crippen LogP contribution >= 0.6 is 11.6 Å². The van der Waals surface area contributed by atoms with Gasteiger partial charge in [-0.25, -0.2) is 12.7 Å². The molecule has 96 valence electrons. The van der Waals surface area contributed by atoms with E-state index in [4.69, 9.17) is 16.3 Å². The predicted molar refractivity (Wildman–Crippen MR) is 65.3 cm³/mol. The highest BCUT2D eigenvalue weighted by atomic mass is 35.5. The second-order valence-electron chi connectivity index (χ2n) is 4.25. The maximum absolute atomic E-state index is 12.1. The van der Waals surface area contributed by atoms with Crippen molar-refractivity contribution in [3.63, 3.8) is 0 Å². The highest BCUT2D eigenvalue weighted by Crippen LogP contribution is 2.19. The average molecular weight is 270 g/mol. The Bertz CT molecular complexity index is 299. The van der Waals surface area contributed by atoms with Gasteiger partial charge in [-0.1, -0.05) is 0 Å². The first-order valence-electron chi connectivity index (χ1n) is 5.61. The van der Waals surface area contributed by atoms with E-state index in [-0.39, 0.29) is 10.6 Å². The molecule has 0 aliphatic carbocycles. The third-order valence-corrected chi connectivity index (χ3v) is 5.45. The van der Waals surface area contributed by atoms with Crippen LogP contribution in [0, 0.1) is 0 Å². The molecule has 0 N–H and O–H groups in total. The van der Waals surface area contributed by atoms with Gasteiger partial charge >= 0.3 is 0 Å². The van der Waals surface area contributed by atoms with Crippen molar-refractivity contribution in [2.45, 2.75) is 36.8 Å². The molecule has 1 atom stereocenters. The first-order valence-corrected chi connectivity index (χ1v) is 7.55. The molecule has 1 aliphatic rings. The van der Waals surface area contributed by atoms with Gasteiger partial charge < -0.3 is 4.74 Å². The average Bonchev–Trinajstić information content (AvgIpc) is 2.27. The number of hydrogen-bond donors (Lipinski definition) is 0. The molecular weight excluding hydrogens is 250 g/mol. The van der Waals surface area contributed by atoms with E-state index in [1.54, 1.807) is 7.05 Å². The maximum atomic E-state index is 12.1. The van der Waals surface area contributed by atoms with Gasteiger partial charge in [0.05, 0.1) is 5.25 Å². The van der Waals surface area contributed by atoms with Crippen LogP contribution in [0.1, 0.15) is 26.2 Å². The summed E-state index contributed by atoms with van der Waals surface area (Å²) in [5.41, 5.74) is 0. The summed E-state index contributed by atoms with van der Waals surface area (Å²) in [6.07, 6.45) is 1.88. The highest BCUT2D eigenvalue weighted by Gasteiger charge is 2.31. The molecule has 1 unspecified atom stereocenters. The molecule has 16 heavy (non-hydrogen) atoms. The lowest BCUT2D eigenvalue weighted by Crippen LogP contribution is -2.40. The van der Waals surface area contributed by atoms with Gasteiger partial charge in [-0.05, 0) is 26.2 Å². The molecule has 0 aromatic carbocycles. The van der Waals surface area contributed by atoms with Crippen molar-refractivity contribution in [1.29, 1.82) is 0 Å². The van der Waals surface area contributed by atoms with Crippen molar-refractivity contribution in [2.75, 3.05) is 26.8 Å². The Labute approximate surface area is 103 Å². The van der Waals surface area contributed by atoms with E-state index in [2.05, 4.69) is 0 Å². The number of halogens is 1. The summed E-state index contributed by atoms with van der Waals surface area (Å²) in [6, 6.07) is 0. The van der Waals surface area contributed by atoms with Crippen molar-refractivity contribution in [3.8, 4) is 0 Å². The number of hydrogen-bond acceptors (Lipinski definition) is 3. The fourth-order valence-corrected chi connectivity index (χ4v) is 3.47. The molecule has 0 spiro atoms. The minimum absolute atomic E-state index is 0.00680. The summed E-state index contributed by atoms with van der Waals surface area (Å²) >= 11 is 5.82. The van der Waals surface area contributed by atoms with Crippen LogP contribution < -0.4 is 0 Å². The van der Waals surface area contributed by atoms with E-state index < -0.39 is 10.0 Å². The number of sulfonamides is 1. The summed E-state index contributed by atoms with van der Waals surface area (Å²) < 4.78 is 30.9. The summed E-state index contributed by atoms with van der Waals surface area (Å²) in [6.45, 7) is 3.45. The Morgan fingerprint density at radius 3 is 2.50 bits per heavy atom. The van der Waals surface area contributed by atoms with Crippen molar-refractivity contribution in [2.24, 2.45) is 0 Å². The molecule has 6 heteroatoms. The van der Waals surface area contributed by atoms with Crippen LogP contribution in [0.2, 0.25) is 0 Å². The van der Waals surface area contributed by atoms with Crippen molar-refractivity contribution < 1.29 is 13.2 Å². The van der Waals surface area contributed by atoms with Crippen LogP contribution in [0.5, 0.6) is 0 Å². The molecule has 1 saturated heterocycles. The fraction of sp³-hybridized carbons (Fsp3) is 1.00. The Morgan fingerprint density at radius 1 is 1.44 bits per heavy atom. The van der Waals surface area contributed by atoms with Crippen molar-refractivity contribution >= 4 is 21.6 Å².